The molecule has 9 nitrogen and oxygen atoms in total. The first-order valence-corrected chi connectivity index (χ1v) is 17.5. The van der Waals surface area contributed by atoms with Gasteiger partial charge in [-0.25, -0.2) is 0 Å². The van der Waals surface area contributed by atoms with Gasteiger partial charge in [0.1, 0.15) is 5.75 Å². The first-order valence-electron chi connectivity index (χ1n) is 14.8. The molecule has 0 unspecified atom stereocenters. The third kappa shape index (κ3) is 4.15. The molecule has 232 valence electrons. The van der Waals surface area contributed by atoms with Crippen molar-refractivity contribution in [3.8, 4) is 11.5 Å². The minimum Gasteiger partial charge on any atom is -0.507 e. The fraction of sp³-hybridized carbons (Fsp3) is 0.333. The highest BCUT2D eigenvalue weighted by atomic mass is 35.5. The van der Waals surface area contributed by atoms with Gasteiger partial charge in [-0.1, -0.05) is 48.5 Å². The molecule has 12 heteroatoms. The molecule has 4 N–H and O–H groups in total. The summed E-state index contributed by atoms with van der Waals surface area (Å²) < 4.78 is 5.19. The van der Waals surface area contributed by atoms with Crippen LogP contribution in [0.2, 0.25) is 0 Å². The molecule has 2 amide bonds. The van der Waals surface area contributed by atoms with Crippen molar-refractivity contribution in [2.24, 2.45) is 10.8 Å². The van der Waals surface area contributed by atoms with Gasteiger partial charge in [0.25, 0.3) is 0 Å². The quantitative estimate of drug-likeness (QED) is 0.148. The summed E-state index contributed by atoms with van der Waals surface area (Å²) >= 11 is 12.8. The van der Waals surface area contributed by atoms with Crippen molar-refractivity contribution in [1.29, 1.82) is 0 Å². The smallest absolute Gasteiger partial charge is 0.507 e. The maximum atomic E-state index is 14.2. The lowest BCUT2D eigenvalue weighted by Crippen LogP contribution is -2.73. The van der Waals surface area contributed by atoms with Gasteiger partial charge in [0.15, 0.2) is 5.75 Å². The van der Waals surface area contributed by atoms with Gasteiger partial charge >= 0.3 is 8.17 Å². The van der Waals surface area contributed by atoms with Crippen molar-refractivity contribution < 1.29 is 33.9 Å². The van der Waals surface area contributed by atoms with E-state index in [1.165, 1.54) is 0 Å². The summed E-state index contributed by atoms with van der Waals surface area (Å²) in [6.45, 7) is 0.764. The van der Waals surface area contributed by atoms with E-state index in [9.17, 15) is 29.4 Å². The van der Waals surface area contributed by atoms with Crippen molar-refractivity contribution >= 4 is 76.1 Å². The predicted octanol–water partition coefficient (Wildman–Crippen LogP) is 5.94. The Kier molecular flexibility index (Phi) is 6.44. The number of fused-ring (bicyclic) bond motifs is 6. The second kappa shape index (κ2) is 9.91. The number of phenols is 1. The molecule has 2 aliphatic heterocycles. The Labute approximate surface area is 269 Å². The van der Waals surface area contributed by atoms with Crippen LogP contribution in [0.3, 0.4) is 0 Å². The number of hydrogen-bond acceptors (Lipinski definition) is 7. The number of anilines is 2. The third-order valence-electron chi connectivity index (χ3n) is 10.3. The molecule has 45 heavy (non-hydrogen) atoms. The van der Waals surface area contributed by atoms with E-state index in [1.807, 2.05) is 36.4 Å². The SMILES string of the molecule is O=C(N1C[C@@H](CCl)c2c1cc(O)c1ccccc21)C12CC(C(=O)N3C[C@@H](CCl)c4c3cc(O[P+](O)(O)O)c3ccccc43)(C1)C2. The van der Waals surface area contributed by atoms with Crippen molar-refractivity contribution in [2.75, 3.05) is 34.6 Å². The highest BCUT2D eigenvalue weighted by Gasteiger charge is 2.76. The number of amides is 2. The number of aromatic hydroxyl groups is 1. The first-order chi connectivity index (χ1) is 21.5. The van der Waals surface area contributed by atoms with Crippen LogP contribution in [-0.2, 0) is 9.59 Å². The number of hydrogen-bond donors (Lipinski definition) is 4. The van der Waals surface area contributed by atoms with E-state index in [2.05, 4.69) is 0 Å². The van der Waals surface area contributed by atoms with Crippen LogP contribution < -0.4 is 14.3 Å². The molecule has 3 fully saturated rings. The van der Waals surface area contributed by atoms with Gasteiger partial charge in [-0.3, -0.25) is 14.1 Å². The first kappa shape index (κ1) is 29.2. The zero-order valence-electron chi connectivity index (χ0n) is 24.0. The van der Waals surface area contributed by atoms with E-state index in [1.54, 1.807) is 34.1 Å². The molecule has 2 atom stereocenters. The fourth-order valence-electron chi connectivity index (χ4n) is 8.50. The molecule has 2 bridgehead atoms. The van der Waals surface area contributed by atoms with Gasteiger partial charge in [-0.05, 0) is 41.2 Å². The van der Waals surface area contributed by atoms with Crippen LogP contribution in [0.25, 0.3) is 21.5 Å². The van der Waals surface area contributed by atoms with Crippen molar-refractivity contribution in [3.63, 3.8) is 0 Å². The average Bonchev–Trinajstić information content (AvgIpc) is 3.53. The summed E-state index contributed by atoms with van der Waals surface area (Å²) in [4.78, 5) is 60.9. The minimum atomic E-state index is -4.63. The molecular formula is C33H30Cl2N2O7P+. The number of nitrogens with zero attached hydrogens (tertiary/aromatic N) is 2. The number of rotatable bonds is 6. The number of phenolic OH excluding ortho intramolecular Hbond substituents is 1. The number of carbonyl (C=O) groups excluding carboxylic acids is 2. The molecular weight excluding hydrogens is 638 g/mol. The Balaban J connectivity index is 1.09. The number of halogens is 2. The van der Waals surface area contributed by atoms with Crippen LogP contribution in [0.1, 0.15) is 42.2 Å². The normalized spacial score (nSPS) is 26.4. The molecule has 0 spiro atoms. The summed E-state index contributed by atoms with van der Waals surface area (Å²) in [6, 6.07) is 18.0. The van der Waals surface area contributed by atoms with E-state index in [0.717, 1.165) is 27.3 Å². The lowest BCUT2D eigenvalue weighted by atomic mass is 9.34. The molecule has 0 aromatic heterocycles. The van der Waals surface area contributed by atoms with Crippen LogP contribution >= 0.6 is 31.4 Å². The second-order valence-corrected chi connectivity index (χ2v) is 14.8. The van der Waals surface area contributed by atoms with Crippen LogP contribution in [0.4, 0.5) is 11.4 Å². The molecule has 2 heterocycles. The molecule has 0 radical (unpaired) electrons. The summed E-state index contributed by atoms with van der Waals surface area (Å²) in [6.07, 6.45) is 1.25. The Morgan fingerprint density at radius 3 is 1.69 bits per heavy atom. The Morgan fingerprint density at radius 2 is 1.20 bits per heavy atom. The molecule has 4 aromatic rings. The Bertz CT molecular complexity index is 1930. The van der Waals surface area contributed by atoms with Crippen LogP contribution in [0.5, 0.6) is 11.5 Å². The number of alkyl halides is 2. The molecule has 4 aromatic carbocycles. The topological polar surface area (TPSA) is 131 Å². The van der Waals surface area contributed by atoms with Crippen molar-refractivity contribution in [2.45, 2.75) is 31.1 Å². The second-order valence-electron chi connectivity index (χ2n) is 13.0. The average molecular weight is 668 g/mol. The van der Waals surface area contributed by atoms with Gasteiger partial charge in [0, 0.05) is 59.6 Å². The summed E-state index contributed by atoms with van der Waals surface area (Å²) in [5.74, 6) is 0.388. The van der Waals surface area contributed by atoms with Gasteiger partial charge in [0.05, 0.1) is 22.2 Å². The summed E-state index contributed by atoms with van der Waals surface area (Å²) in [5.41, 5.74) is 1.72. The van der Waals surface area contributed by atoms with Gasteiger partial charge in [-0.2, -0.15) is 14.7 Å². The summed E-state index contributed by atoms with van der Waals surface area (Å²) in [7, 11) is -4.63. The van der Waals surface area contributed by atoms with Gasteiger partial charge in [0.2, 0.25) is 11.8 Å². The van der Waals surface area contributed by atoms with E-state index >= 15 is 0 Å². The van der Waals surface area contributed by atoms with Crippen molar-refractivity contribution in [3.05, 3.63) is 71.8 Å². The minimum absolute atomic E-state index is 0.0444. The molecule has 0 saturated heterocycles. The number of carbonyl (C=O) groups is 2. The van der Waals surface area contributed by atoms with E-state index in [0.29, 0.717) is 55.0 Å². The van der Waals surface area contributed by atoms with E-state index < -0.39 is 19.0 Å². The van der Waals surface area contributed by atoms with E-state index in [4.69, 9.17) is 27.7 Å². The maximum Gasteiger partial charge on any atom is 0.613 e. The lowest BCUT2D eigenvalue weighted by Gasteiger charge is -2.69. The fourth-order valence-corrected chi connectivity index (χ4v) is 9.42. The number of benzene rings is 4. The Hall–Kier alpha value is -3.17. The zero-order valence-corrected chi connectivity index (χ0v) is 26.4. The Morgan fingerprint density at radius 1 is 0.756 bits per heavy atom. The van der Waals surface area contributed by atoms with E-state index in [-0.39, 0.29) is 41.0 Å². The largest absolute Gasteiger partial charge is 0.613 e. The van der Waals surface area contributed by atoms with Gasteiger partial charge in [-0.15, -0.1) is 23.2 Å². The predicted molar refractivity (Wildman–Crippen MR) is 174 cm³/mol. The summed E-state index contributed by atoms with van der Waals surface area (Å²) in [5, 5.41) is 13.7. The maximum absolute atomic E-state index is 14.2. The lowest BCUT2D eigenvalue weighted by molar-refractivity contribution is -0.204. The standard InChI is InChI=1S/C33H29Cl2N2O7P/c34-11-18-13-36(24-9-26(38)20-5-1-3-7-22(20)28(18)24)30(39)32-15-33(16-32,17-32)31(40)37-14-19(12-35)29-23-8-4-2-6-21(23)27(10-25(29)37)44-45(41,42)43/h1-10,18-19,41-43H,11-17H2/p+1/t18-,19-,32?,33?/m1/s1. The molecule has 9 rings (SSSR count). The monoisotopic (exact) mass is 667 g/mol. The third-order valence-corrected chi connectivity index (χ3v) is 11.5. The van der Waals surface area contributed by atoms with Crippen molar-refractivity contribution in [1.82, 2.24) is 0 Å². The van der Waals surface area contributed by atoms with Crippen LogP contribution in [0, 0.1) is 10.8 Å². The molecule has 3 saturated carbocycles. The van der Waals surface area contributed by atoms with Crippen LogP contribution in [-0.4, -0.2) is 56.5 Å². The molecule has 5 aliphatic rings. The molecule has 3 aliphatic carbocycles. The highest BCUT2D eigenvalue weighted by Crippen LogP contribution is 2.75. The highest BCUT2D eigenvalue weighted by molar-refractivity contribution is 7.53. The van der Waals surface area contributed by atoms with Gasteiger partial charge < -0.3 is 14.9 Å². The van der Waals surface area contributed by atoms with Crippen LogP contribution in [0.15, 0.2) is 60.7 Å². The zero-order chi connectivity index (χ0) is 31.5.